The third-order valence-electron chi connectivity index (χ3n) is 2.62. The normalized spacial score (nSPS) is 10.3. The van der Waals surface area contributed by atoms with E-state index < -0.39 is 0 Å². The Labute approximate surface area is 123 Å². The predicted molar refractivity (Wildman–Crippen MR) is 81.6 cm³/mol. The lowest BCUT2D eigenvalue weighted by Gasteiger charge is -2.13. The maximum absolute atomic E-state index is 11.6. The Bertz CT molecular complexity index is 399. The van der Waals surface area contributed by atoms with Gasteiger partial charge in [-0.2, -0.15) is 0 Å². The van der Waals surface area contributed by atoms with E-state index in [0.717, 1.165) is 30.9 Å². The third kappa shape index (κ3) is 6.16. The van der Waals surface area contributed by atoms with Crippen LogP contribution in [-0.4, -0.2) is 50.1 Å². The van der Waals surface area contributed by atoms with Crippen LogP contribution < -0.4 is 15.5 Å². The van der Waals surface area contributed by atoms with E-state index in [2.05, 4.69) is 27.8 Å². The van der Waals surface area contributed by atoms with Crippen LogP contribution in [0.1, 0.15) is 26.2 Å². The highest BCUT2D eigenvalue weighted by Gasteiger charge is 2.10. The van der Waals surface area contributed by atoms with Crippen LogP contribution in [0, 0.1) is 0 Å². The van der Waals surface area contributed by atoms with E-state index in [1.807, 2.05) is 11.9 Å². The average molecular weight is 301 g/mol. The number of carbonyl (C=O) groups excluding carboxylic acids is 1. The summed E-state index contributed by atoms with van der Waals surface area (Å²) in [6, 6.07) is -0.264. The Morgan fingerprint density at radius 1 is 1.40 bits per heavy atom. The minimum absolute atomic E-state index is 0.264. The molecule has 20 heavy (non-hydrogen) atoms. The Balaban J connectivity index is 2.33. The first-order valence-corrected chi connectivity index (χ1v) is 7.57. The van der Waals surface area contributed by atoms with Crippen molar-refractivity contribution in [2.75, 3.05) is 44.1 Å². The van der Waals surface area contributed by atoms with Crippen LogP contribution in [0.3, 0.4) is 0 Å². The largest absolute Gasteiger partial charge is 0.385 e. The molecule has 0 saturated heterocycles. The maximum atomic E-state index is 11.6. The van der Waals surface area contributed by atoms with Gasteiger partial charge in [-0.15, -0.1) is 10.2 Å². The summed E-state index contributed by atoms with van der Waals surface area (Å²) in [5, 5.41) is 14.8. The van der Waals surface area contributed by atoms with E-state index in [4.69, 9.17) is 4.74 Å². The number of methoxy groups -OCH3 is 1. The molecule has 7 nitrogen and oxygen atoms in total. The number of ether oxygens (including phenoxy) is 1. The van der Waals surface area contributed by atoms with E-state index in [1.54, 1.807) is 7.11 Å². The number of unbranched alkanes of at least 4 members (excludes halogenated alkanes) is 1. The number of anilines is 2. The number of hydrogen-bond donors (Lipinski definition) is 2. The molecule has 0 saturated carbocycles. The van der Waals surface area contributed by atoms with Crippen LogP contribution in [0.15, 0.2) is 0 Å². The van der Waals surface area contributed by atoms with Gasteiger partial charge in [0.2, 0.25) is 10.3 Å². The lowest BCUT2D eigenvalue weighted by molar-refractivity contribution is 0.194. The van der Waals surface area contributed by atoms with Crippen molar-refractivity contribution in [2.45, 2.75) is 26.2 Å². The Kier molecular flexibility index (Phi) is 7.89. The highest BCUT2D eigenvalue weighted by molar-refractivity contribution is 7.19. The molecular weight excluding hydrogens is 278 g/mol. The molecule has 0 aliphatic rings. The first-order chi connectivity index (χ1) is 9.67. The summed E-state index contributed by atoms with van der Waals surface area (Å²) in [6.45, 7) is 4.29. The summed E-state index contributed by atoms with van der Waals surface area (Å²) in [5.41, 5.74) is 0. The predicted octanol–water partition coefficient (Wildman–Crippen LogP) is 1.93. The fraction of sp³-hybridized carbons (Fsp3) is 0.750. The second-order valence-corrected chi connectivity index (χ2v) is 5.35. The van der Waals surface area contributed by atoms with Crippen molar-refractivity contribution in [3.8, 4) is 0 Å². The molecule has 0 fully saturated rings. The zero-order valence-corrected chi connectivity index (χ0v) is 13.1. The fourth-order valence-corrected chi connectivity index (χ4v) is 2.20. The quantitative estimate of drug-likeness (QED) is 0.681. The lowest BCUT2D eigenvalue weighted by Crippen LogP contribution is -2.29. The number of urea groups is 1. The van der Waals surface area contributed by atoms with Gasteiger partial charge in [-0.3, -0.25) is 5.32 Å². The fourth-order valence-electron chi connectivity index (χ4n) is 1.47. The van der Waals surface area contributed by atoms with Gasteiger partial charge in [0.15, 0.2) is 0 Å². The zero-order valence-electron chi connectivity index (χ0n) is 12.3. The van der Waals surface area contributed by atoms with Gasteiger partial charge in [0, 0.05) is 33.9 Å². The van der Waals surface area contributed by atoms with Crippen molar-refractivity contribution in [1.29, 1.82) is 0 Å². The summed E-state index contributed by atoms with van der Waals surface area (Å²) >= 11 is 1.37. The van der Waals surface area contributed by atoms with Crippen LogP contribution in [0.5, 0.6) is 0 Å². The minimum atomic E-state index is -0.264. The molecular formula is C12H23N5O2S. The Morgan fingerprint density at radius 3 is 2.90 bits per heavy atom. The third-order valence-corrected chi connectivity index (χ3v) is 3.57. The molecule has 1 aromatic heterocycles. The molecule has 1 aromatic rings. The number of rotatable bonds is 9. The van der Waals surface area contributed by atoms with Crippen molar-refractivity contribution in [2.24, 2.45) is 0 Å². The molecule has 0 aromatic carbocycles. The first-order valence-electron chi connectivity index (χ1n) is 6.75. The molecule has 114 valence electrons. The highest BCUT2D eigenvalue weighted by Crippen LogP contribution is 2.22. The smallest absolute Gasteiger partial charge is 0.321 e. The number of aromatic nitrogens is 2. The minimum Gasteiger partial charge on any atom is -0.385 e. The highest BCUT2D eigenvalue weighted by atomic mass is 32.1. The van der Waals surface area contributed by atoms with Gasteiger partial charge in [-0.1, -0.05) is 24.7 Å². The number of amides is 2. The van der Waals surface area contributed by atoms with E-state index in [-0.39, 0.29) is 6.03 Å². The monoisotopic (exact) mass is 301 g/mol. The summed E-state index contributed by atoms with van der Waals surface area (Å²) in [5.74, 6) is 0. The lowest BCUT2D eigenvalue weighted by atomic mass is 10.3. The van der Waals surface area contributed by atoms with Crippen molar-refractivity contribution < 1.29 is 9.53 Å². The summed E-state index contributed by atoms with van der Waals surface area (Å²) in [6.07, 6.45) is 3.03. The van der Waals surface area contributed by atoms with Crippen molar-refractivity contribution >= 4 is 27.6 Å². The zero-order chi connectivity index (χ0) is 14.8. The topological polar surface area (TPSA) is 79.4 Å². The van der Waals surface area contributed by atoms with Gasteiger partial charge in [0.05, 0.1) is 0 Å². The van der Waals surface area contributed by atoms with E-state index >= 15 is 0 Å². The molecule has 0 bridgehead atoms. The SMILES string of the molecule is CCCCN(C)c1nnc(NC(=O)NCCCOC)s1. The molecule has 8 heteroatoms. The molecule has 1 heterocycles. The van der Waals surface area contributed by atoms with E-state index in [1.165, 1.54) is 11.3 Å². The summed E-state index contributed by atoms with van der Waals surface area (Å²) in [4.78, 5) is 13.6. The molecule has 0 radical (unpaired) electrons. The van der Waals surface area contributed by atoms with Gasteiger partial charge < -0.3 is 15.0 Å². The molecule has 0 aliphatic heterocycles. The number of nitrogens with one attached hydrogen (secondary N) is 2. The van der Waals surface area contributed by atoms with Crippen LogP contribution >= 0.6 is 11.3 Å². The number of carbonyl (C=O) groups is 1. The second-order valence-electron chi connectivity index (χ2n) is 4.39. The van der Waals surface area contributed by atoms with Crippen LogP contribution in [0.25, 0.3) is 0 Å². The summed E-state index contributed by atoms with van der Waals surface area (Å²) in [7, 11) is 3.61. The first kappa shape index (κ1) is 16.6. The van der Waals surface area contributed by atoms with Crippen LogP contribution in [0.2, 0.25) is 0 Å². The molecule has 1 rings (SSSR count). The van der Waals surface area contributed by atoms with E-state index in [9.17, 15) is 4.79 Å². The van der Waals surface area contributed by atoms with Crippen molar-refractivity contribution in [1.82, 2.24) is 15.5 Å². The average Bonchev–Trinajstić information content (AvgIpc) is 2.89. The van der Waals surface area contributed by atoms with Gasteiger partial charge in [-0.25, -0.2) is 4.79 Å². The van der Waals surface area contributed by atoms with Gasteiger partial charge in [0.1, 0.15) is 0 Å². The van der Waals surface area contributed by atoms with Gasteiger partial charge in [0.25, 0.3) is 0 Å². The van der Waals surface area contributed by atoms with E-state index in [0.29, 0.717) is 18.3 Å². The second kappa shape index (κ2) is 9.49. The van der Waals surface area contributed by atoms with Crippen LogP contribution in [-0.2, 0) is 4.74 Å². The molecule has 0 atom stereocenters. The van der Waals surface area contributed by atoms with Crippen molar-refractivity contribution in [3.63, 3.8) is 0 Å². The molecule has 2 amide bonds. The Morgan fingerprint density at radius 2 is 2.20 bits per heavy atom. The molecule has 2 N–H and O–H groups in total. The Hall–Kier alpha value is -1.41. The number of hydrogen-bond acceptors (Lipinski definition) is 6. The van der Waals surface area contributed by atoms with Crippen molar-refractivity contribution in [3.05, 3.63) is 0 Å². The standard InChI is InChI=1S/C12H23N5O2S/c1-4-5-8-17(2)12-16-15-11(20-12)14-10(18)13-7-6-9-19-3/h4-9H2,1-3H3,(H2,13,14,15,18). The number of nitrogens with zero attached hydrogens (tertiary/aromatic N) is 3. The van der Waals surface area contributed by atoms with Gasteiger partial charge in [-0.05, 0) is 12.8 Å². The maximum Gasteiger partial charge on any atom is 0.321 e. The van der Waals surface area contributed by atoms with Crippen LogP contribution in [0.4, 0.5) is 15.1 Å². The molecule has 0 unspecified atom stereocenters. The molecule has 0 aliphatic carbocycles. The molecule has 0 spiro atoms. The summed E-state index contributed by atoms with van der Waals surface area (Å²) < 4.78 is 4.91. The van der Waals surface area contributed by atoms with Gasteiger partial charge >= 0.3 is 6.03 Å².